The lowest BCUT2D eigenvalue weighted by molar-refractivity contribution is 0.416. The molecule has 70 valence electrons. The lowest BCUT2D eigenvalue weighted by atomic mass is 9.96. The second kappa shape index (κ2) is 3.74. The number of fused-ring (bicyclic) bond motifs is 1. The van der Waals surface area contributed by atoms with Gasteiger partial charge in [-0.3, -0.25) is 0 Å². The fourth-order valence-electron chi connectivity index (χ4n) is 1.15. The van der Waals surface area contributed by atoms with Gasteiger partial charge in [-0.2, -0.15) is 0 Å². The van der Waals surface area contributed by atoms with Gasteiger partial charge in [-0.1, -0.05) is 29.4 Å². The van der Waals surface area contributed by atoms with E-state index in [0.29, 0.717) is 0 Å². The first-order valence-electron chi connectivity index (χ1n) is 4.14. The monoisotopic (exact) mass is 187 g/mol. The van der Waals surface area contributed by atoms with Crippen LogP contribution in [0.4, 0.5) is 5.69 Å². The Bertz CT molecular complexity index is 417. The molecule has 0 unspecified atom stereocenters. The Morgan fingerprint density at radius 3 is 2.50 bits per heavy atom. The Kier molecular flexibility index (Phi) is 2.27. The maximum atomic E-state index is 5.62. The molecule has 1 aromatic heterocycles. The van der Waals surface area contributed by atoms with Crippen LogP contribution in [0.5, 0.6) is 0 Å². The highest BCUT2D eigenvalue weighted by Crippen LogP contribution is 2.27. The summed E-state index contributed by atoms with van der Waals surface area (Å²) in [7, 11) is 0. The normalized spacial score (nSPS) is 10.9. The first-order valence-corrected chi connectivity index (χ1v) is 4.14. The summed E-state index contributed by atoms with van der Waals surface area (Å²) >= 11 is 0. The molecule has 4 nitrogen and oxygen atoms in total. The maximum absolute atomic E-state index is 5.62. The second-order valence-electron chi connectivity index (χ2n) is 2.76. The Balaban J connectivity index is 0.000000128. The van der Waals surface area contributed by atoms with Gasteiger partial charge in [-0.15, -0.1) is 0 Å². The Morgan fingerprint density at radius 2 is 2.14 bits per heavy atom. The highest BCUT2D eigenvalue weighted by molar-refractivity contribution is 5.91. The van der Waals surface area contributed by atoms with E-state index in [1.54, 1.807) is 0 Å². The molecule has 0 aliphatic heterocycles. The molecular weight excluding hydrogens is 178 g/mol. The van der Waals surface area contributed by atoms with E-state index < -0.39 is 0 Å². The summed E-state index contributed by atoms with van der Waals surface area (Å²) in [6.45, 7) is 0. The summed E-state index contributed by atoms with van der Waals surface area (Å²) < 4.78 is 4.22. The molecule has 3 rings (SSSR count). The van der Waals surface area contributed by atoms with Crippen molar-refractivity contribution in [1.82, 2.24) is 10.1 Å². The third-order valence-electron chi connectivity index (χ3n) is 1.89. The maximum Gasteiger partial charge on any atom is 0.213 e. The predicted molar refractivity (Wildman–Crippen MR) is 54.1 cm³/mol. The Morgan fingerprint density at radius 1 is 1.21 bits per heavy atom. The molecule has 2 N–H and O–H groups in total. The van der Waals surface area contributed by atoms with E-state index in [4.69, 9.17) is 5.73 Å². The fraction of sp³-hybridized carbons (Fsp3) is 0. The number of hydrogen-bond donors (Lipinski definition) is 1. The first kappa shape index (κ1) is 8.50. The predicted octanol–water partition coefficient (Wildman–Crippen LogP) is 1.82. The summed E-state index contributed by atoms with van der Waals surface area (Å²) in [6.07, 6.45) is 6.69. The van der Waals surface area contributed by atoms with Crippen LogP contribution in [-0.4, -0.2) is 10.1 Å². The Hall–Kier alpha value is -2.10. The zero-order valence-electron chi connectivity index (χ0n) is 7.42. The van der Waals surface area contributed by atoms with Crippen molar-refractivity contribution in [3.8, 4) is 0 Å². The Labute approximate surface area is 81.1 Å². The summed E-state index contributed by atoms with van der Waals surface area (Å²) in [5, 5.41) is 3.24. The second-order valence-corrected chi connectivity index (χ2v) is 2.76. The van der Waals surface area contributed by atoms with Crippen LogP contribution in [0.1, 0.15) is 11.1 Å². The van der Waals surface area contributed by atoms with E-state index in [2.05, 4.69) is 26.8 Å². The zero-order chi connectivity index (χ0) is 9.80. The molecular formula is C10H9N3O. The van der Waals surface area contributed by atoms with Crippen LogP contribution >= 0.6 is 0 Å². The highest BCUT2D eigenvalue weighted by atomic mass is 16.5. The molecule has 0 atom stereocenters. The van der Waals surface area contributed by atoms with Gasteiger partial charge >= 0.3 is 0 Å². The summed E-state index contributed by atoms with van der Waals surface area (Å²) in [6, 6.07) is 5.95. The van der Waals surface area contributed by atoms with Crippen molar-refractivity contribution in [3.63, 3.8) is 0 Å². The van der Waals surface area contributed by atoms with Gasteiger partial charge in [0.2, 0.25) is 6.39 Å². The molecule has 1 aliphatic carbocycles. The standard InChI is InChI=1S/C8H7N.C2H2N2O/c9-8-3-1-2-6-4-5-7(6)8;1-3-2-5-4-1/h1-5H,9H2;1-2H. The zero-order valence-corrected chi connectivity index (χ0v) is 7.42. The molecule has 0 bridgehead atoms. The van der Waals surface area contributed by atoms with Crippen LogP contribution in [0.2, 0.25) is 0 Å². The van der Waals surface area contributed by atoms with Crippen LogP contribution in [0.15, 0.2) is 35.4 Å². The van der Waals surface area contributed by atoms with E-state index in [9.17, 15) is 0 Å². The van der Waals surface area contributed by atoms with Crippen LogP contribution in [-0.2, 0) is 0 Å². The van der Waals surface area contributed by atoms with Crippen LogP contribution < -0.4 is 5.73 Å². The topological polar surface area (TPSA) is 64.9 Å². The quantitative estimate of drug-likeness (QED) is 0.545. The number of rotatable bonds is 0. The molecule has 1 heterocycles. The van der Waals surface area contributed by atoms with Gasteiger partial charge in [-0.05, 0) is 11.6 Å². The van der Waals surface area contributed by atoms with E-state index in [1.165, 1.54) is 23.8 Å². The van der Waals surface area contributed by atoms with Gasteiger partial charge in [-0.25, -0.2) is 4.98 Å². The first-order chi connectivity index (χ1) is 6.88. The number of nitrogens with zero attached hydrogens (tertiary/aromatic N) is 2. The average molecular weight is 187 g/mol. The molecule has 14 heavy (non-hydrogen) atoms. The third kappa shape index (κ3) is 1.64. The van der Waals surface area contributed by atoms with Gasteiger partial charge in [0.05, 0.1) is 0 Å². The molecule has 0 fully saturated rings. The molecule has 0 radical (unpaired) electrons. The smallest absolute Gasteiger partial charge is 0.213 e. The van der Waals surface area contributed by atoms with E-state index in [0.717, 1.165) is 5.69 Å². The average Bonchev–Trinajstić information content (AvgIpc) is 2.66. The number of benzene rings is 1. The molecule has 0 saturated heterocycles. The number of anilines is 1. The number of aromatic nitrogens is 2. The lowest BCUT2D eigenvalue weighted by Gasteiger charge is -2.11. The van der Waals surface area contributed by atoms with Crippen molar-refractivity contribution in [3.05, 3.63) is 42.0 Å². The van der Waals surface area contributed by atoms with Crippen molar-refractivity contribution < 1.29 is 4.52 Å². The van der Waals surface area contributed by atoms with Crippen molar-refractivity contribution in [1.29, 1.82) is 0 Å². The van der Waals surface area contributed by atoms with Crippen molar-refractivity contribution in [2.75, 3.05) is 5.73 Å². The van der Waals surface area contributed by atoms with Gasteiger partial charge in [0, 0.05) is 11.3 Å². The fourth-order valence-corrected chi connectivity index (χ4v) is 1.15. The van der Waals surface area contributed by atoms with E-state index in [1.807, 2.05) is 18.2 Å². The SMILES string of the molecule is Nc1cccc2c1C=C2.c1ncon1. The molecule has 0 spiro atoms. The molecule has 0 saturated carbocycles. The van der Waals surface area contributed by atoms with Gasteiger partial charge < -0.3 is 10.3 Å². The van der Waals surface area contributed by atoms with Crippen LogP contribution in [0.25, 0.3) is 12.2 Å². The molecule has 1 aromatic carbocycles. The van der Waals surface area contributed by atoms with Crippen LogP contribution in [0.3, 0.4) is 0 Å². The molecule has 0 amide bonds. The van der Waals surface area contributed by atoms with Gasteiger partial charge in [0.25, 0.3) is 0 Å². The van der Waals surface area contributed by atoms with Crippen molar-refractivity contribution in [2.24, 2.45) is 0 Å². The third-order valence-corrected chi connectivity index (χ3v) is 1.89. The van der Waals surface area contributed by atoms with E-state index >= 15 is 0 Å². The van der Waals surface area contributed by atoms with Gasteiger partial charge in [0.15, 0.2) is 6.33 Å². The summed E-state index contributed by atoms with van der Waals surface area (Å²) in [5.74, 6) is 0. The molecule has 1 aliphatic rings. The minimum Gasteiger partial charge on any atom is -0.398 e. The molecule has 2 aromatic rings. The van der Waals surface area contributed by atoms with E-state index in [-0.39, 0.29) is 0 Å². The highest BCUT2D eigenvalue weighted by Gasteiger charge is 2.05. The number of nitrogens with two attached hydrogens (primary N) is 1. The van der Waals surface area contributed by atoms with Crippen molar-refractivity contribution >= 4 is 17.8 Å². The lowest BCUT2D eigenvalue weighted by Crippen LogP contribution is -1.95. The summed E-state index contributed by atoms with van der Waals surface area (Å²) in [4.78, 5) is 3.44. The molecule has 4 heteroatoms. The summed E-state index contributed by atoms with van der Waals surface area (Å²) in [5.41, 5.74) is 8.96. The van der Waals surface area contributed by atoms with Gasteiger partial charge in [0.1, 0.15) is 0 Å². The largest absolute Gasteiger partial charge is 0.398 e. The minimum absolute atomic E-state index is 0.884. The number of nitrogen functional groups attached to an aromatic ring is 1. The van der Waals surface area contributed by atoms with Crippen LogP contribution in [0, 0.1) is 0 Å². The minimum atomic E-state index is 0.884. The number of hydrogen-bond acceptors (Lipinski definition) is 4. The van der Waals surface area contributed by atoms with Crippen molar-refractivity contribution in [2.45, 2.75) is 0 Å².